The number of likely N-dealkylation sites (N-methyl/N-ethyl adjacent to an activating group) is 1. The van der Waals surface area contributed by atoms with Crippen molar-refractivity contribution in [2.75, 3.05) is 32.5 Å². The highest BCUT2D eigenvalue weighted by molar-refractivity contribution is 7.13. The van der Waals surface area contributed by atoms with Crippen LogP contribution in [0.1, 0.15) is 12.1 Å². The van der Waals surface area contributed by atoms with Gasteiger partial charge in [-0.3, -0.25) is 0 Å². The standard InChI is InChI=1S/C10H17N3OS/c1-13(9-3-5-14-6-9)4-2-8-7-15-10(11)12-8/h7,9H,2-6H2,1H3,(H2,11,12). The molecule has 1 fully saturated rings. The molecule has 1 aromatic heterocycles. The van der Waals surface area contributed by atoms with E-state index in [-0.39, 0.29) is 0 Å². The fourth-order valence-corrected chi connectivity index (χ4v) is 2.38. The molecule has 0 radical (unpaired) electrons. The second-order valence-corrected chi connectivity index (χ2v) is 4.81. The summed E-state index contributed by atoms with van der Waals surface area (Å²) in [6.45, 7) is 2.80. The van der Waals surface area contributed by atoms with Crippen LogP contribution in [0.25, 0.3) is 0 Å². The van der Waals surface area contributed by atoms with Gasteiger partial charge in [0.1, 0.15) is 0 Å². The molecule has 15 heavy (non-hydrogen) atoms. The zero-order valence-corrected chi connectivity index (χ0v) is 9.80. The van der Waals surface area contributed by atoms with Crippen LogP contribution < -0.4 is 5.73 Å². The van der Waals surface area contributed by atoms with Gasteiger partial charge in [0.15, 0.2) is 5.13 Å². The van der Waals surface area contributed by atoms with Gasteiger partial charge in [-0.1, -0.05) is 0 Å². The predicted molar refractivity (Wildman–Crippen MR) is 62.1 cm³/mol. The maximum Gasteiger partial charge on any atom is 0.180 e. The minimum Gasteiger partial charge on any atom is -0.380 e. The molecule has 1 aliphatic rings. The van der Waals surface area contributed by atoms with Gasteiger partial charge in [-0.05, 0) is 13.5 Å². The van der Waals surface area contributed by atoms with Gasteiger partial charge in [0.25, 0.3) is 0 Å². The van der Waals surface area contributed by atoms with Crippen molar-refractivity contribution in [1.82, 2.24) is 9.88 Å². The van der Waals surface area contributed by atoms with Crippen LogP contribution >= 0.6 is 11.3 Å². The molecule has 1 atom stereocenters. The van der Waals surface area contributed by atoms with Crippen LogP contribution in [-0.2, 0) is 11.2 Å². The number of rotatable bonds is 4. The van der Waals surface area contributed by atoms with E-state index in [9.17, 15) is 0 Å². The zero-order valence-electron chi connectivity index (χ0n) is 8.98. The van der Waals surface area contributed by atoms with Crippen LogP contribution in [0, 0.1) is 0 Å². The van der Waals surface area contributed by atoms with Crippen LogP contribution in [0.2, 0.25) is 0 Å². The van der Waals surface area contributed by atoms with Crippen molar-refractivity contribution < 1.29 is 4.74 Å². The molecule has 0 amide bonds. The first-order chi connectivity index (χ1) is 7.25. The van der Waals surface area contributed by atoms with Crippen molar-refractivity contribution in [1.29, 1.82) is 0 Å². The quantitative estimate of drug-likeness (QED) is 0.833. The van der Waals surface area contributed by atoms with Gasteiger partial charge < -0.3 is 15.4 Å². The average molecular weight is 227 g/mol. The molecule has 0 bridgehead atoms. The molecule has 2 rings (SSSR count). The number of hydrogen-bond acceptors (Lipinski definition) is 5. The molecule has 1 aliphatic heterocycles. The molecule has 0 aromatic carbocycles. The van der Waals surface area contributed by atoms with E-state index >= 15 is 0 Å². The molecule has 1 unspecified atom stereocenters. The minimum absolute atomic E-state index is 0.584. The van der Waals surface area contributed by atoms with Gasteiger partial charge in [-0.25, -0.2) is 4.98 Å². The van der Waals surface area contributed by atoms with Crippen LogP contribution in [0.15, 0.2) is 5.38 Å². The van der Waals surface area contributed by atoms with Crippen LogP contribution in [0.3, 0.4) is 0 Å². The van der Waals surface area contributed by atoms with E-state index in [4.69, 9.17) is 10.5 Å². The molecule has 0 saturated carbocycles. The van der Waals surface area contributed by atoms with E-state index in [0.29, 0.717) is 11.2 Å². The highest BCUT2D eigenvalue weighted by atomic mass is 32.1. The van der Waals surface area contributed by atoms with Gasteiger partial charge in [-0.2, -0.15) is 0 Å². The fraction of sp³-hybridized carbons (Fsp3) is 0.700. The Balaban J connectivity index is 1.77. The van der Waals surface area contributed by atoms with Crippen molar-refractivity contribution in [3.05, 3.63) is 11.1 Å². The van der Waals surface area contributed by atoms with Crippen LogP contribution in [0.5, 0.6) is 0 Å². The second-order valence-electron chi connectivity index (χ2n) is 3.93. The van der Waals surface area contributed by atoms with Crippen molar-refractivity contribution in [2.45, 2.75) is 18.9 Å². The van der Waals surface area contributed by atoms with E-state index in [1.165, 1.54) is 11.3 Å². The molecular weight excluding hydrogens is 210 g/mol. The molecule has 2 heterocycles. The van der Waals surface area contributed by atoms with Gasteiger partial charge in [0.05, 0.1) is 12.3 Å². The SMILES string of the molecule is CN(CCc1csc(N)n1)C1CCOC1. The van der Waals surface area contributed by atoms with Crippen LogP contribution in [-0.4, -0.2) is 42.7 Å². The largest absolute Gasteiger partial charge is 0.380 e. The van der Waals surface area contributed by atoms with Crippen molar-refractivity contribution in [3.8, 4) is 0 Å². The summed E-state index contributed by atoms with van der Waals surface area (Å²) in [5.74, 6) is 0. The Labute approximate surface area is 94.1 Å². The maximum absolute atomic E-state index is 5.58. The average Bonchev–Trinajstić information content (AvgIpc) is 2.84. The normalized spacial score (nSPS) is 21.3. The number of aromatic nitrogens is 1. The van der Waals surface area contributed by atoms with Crippen molar-refractivity contribution in [2.24, 2.45) is 0 Å². The van der Waals surface area contributed by atoms with E-state index < -0.39 is 0 Å². The number of hydrogen-bond donors (Lipinski definition) is 1. The van der Waals surface area contributed by atoms with Gasteiger partial charge >= 0.3 is 0 Å². The Morgan fingerprint density at radius 1 is 1.73 bits per heavy atom. The Kier molecular flexibility index (Phi) is 3.56. The number of thiazole rings is 1. The monoisotopic (exact) mass is 227 g/mol. The summed E-state index contributed by atoms with van der Waals surface area (Å²) in [7, 11) is 2.15. The number of nitrogens with two attached hydrogens (primary N) is 1. The van der Waals surface area contributed by atoms with E-state index in [0.717, 1.165) is 38.3 Å². The second kappa shape index (κ2) is 4.92. The van der Waals surface area contributed by atoms with E-state index in [2.05, 4.69) is 16.9 Å². The Morgan fingerprint density at radius 2 is 2.60 bits per heavy atom. The number of anilines is 1. The number of ether oxygens (including phenoxy) is 1. The molecule has 1 aromatic rings. The first kappa shape index (κ1) is 10.9. The molecule has 0 spiro atoms. The minimum atomic E-state index is 0.584. The number of nitrogens with zero attached hydrogens (tertiary/aromatic N) is 2. The van der Waals surface area contributed by atoms with Gasteiger partial charge in [0.2, 0.25) is 0 Å². The lowest BCUT2D eigenvalue weighted by molar-refractivity contribution is 0.160. The molecule has 2 N–H and O–H groups in total. The third kappa shape index (κ3) is 2.90. The topological polar surface area (TPSA) is 51.4 Å². The molecule has 1 saturated heterocycles. The summed E-state index contributed by atoms with van der Waals surface area (Å²) < 4.78 is 5.36. The molecule has 4 nitrogen and oxygen atoms in total. The Morgan fingerprint density at radius 3 is 3.20 bits per heavy atom. The molecule has 84 valence electrons. The third-order valence-corrected chi connectivity index (χ3v) is 3.54. The summed E-state index contributed by atoms with van der Waals surface area (Å²) in [6, 6.07) is 0.584. The third-order valence-electron chi connectivity index (χ3n) is 2.82. The predicted octanol–water partition coefficient (Wildman–Crippen LogP) is 0.989. The zero-order chi connectivity index (χ0) is 10.7. The van der Waals surface area contributed by atoms with Gasteiger partial charge in [-0.15, -0.1) is 11.3 Å². The number of nitrogen functional groups attached to an aromatic ring is 1. The molecule has 5 heteroatoms. The summed E-state index contributed by atoms with van der Waals surface area (Å²) >= 11 is 1.51. The van der Waals surface area contributed by atoms with Crippen molar-refractivity contribution >= 4 is 16.5 Å². The van der Waals surface area contributed by atoms with E-state index in [1.807, 2.05) is 5.38 Å². The summed E-state index contributed by atoms with van der Waals surface area (Å²) in [5, 5.41) is 2.70. The summed E-state index contributed by atoms with van der Waals surface area (Å²) in [6.07, 6.45) is 2.12. The highest BCUT2D eigenvalue weighted by Crippen LogP contribution is 2.14. The Bertz CT molecular complexity index is 309. The van der Waals surface area contributed by atoms with Crippen molar-refractivity contribution in [3.63, 3.8) is 0 Å². The first-order valence-electron chi connectivity index (χ1n) is 5.23. The van der Waals surface area contributed by atoms with E-state index in [1.54, 1.807) is 0 Å². The van der Waals surface area contributed by atoms with Gasteiger partial charge in [0, 0.05) is 31.0 Å². The summed E-state index contributed by atoms with van der Waals surface area (Å²) in [4.78, 5) is 6.60. The smallest absolute Gasteiger partial charge is 0.180 e. The maximum atomic E-state index is 5.58. The van der Waals surface area contributed by atoms with Crippen LogP contribution in [0.4, 0.5) is 5.13 Å². The fourth-order valence-electron chi connectivity index (χ4n) is 1.78. The lowest BCUT2D eigenvalue weighted by Gasteiger charge is -2.22. The highest BCUT2D eigenvalue weighted by Gasteiger charge is 2.19. The lowest BCUT2D eigenvalue weighted by atomic mass is 10.2. The Hall–Kier alpha value is -0.650. The summed E-state index contributed by atoms with van der Waals surface area (Å²) in [5.41, 5.74) is 6.68. The first-order valence-corrected chi connectivity index (χ1v) is 6.11. The molecule has 0 aliphatic carbocycles. The molecular formula is C10H17N3OS. The lowest BCUT2D eigenvalue weighted by Crippen LogP contribution is -2.33.